The van der Waals surface area contributed by atoms with Crippen molar-refractivity contribution in [2.24, 2.45) is 17.6 Å². The van der Waals surface area contributed by atoms with Crippen LogP contribution in [0.2, 0.25) is 0 Å². The summed E-state index contributed by atoms with van der Waals surface area (Å²) in [5.41, 5.74) is 6.85. The van der Waals surface area contributed by atoms with Crippen LogP contribution in [0.4, 0.5) is 4.79 Å². The van der Waals surface area contributed by atoms with Gasteiger partial charge in [0, 0.05) is 50.7 Å². The normalized spacial score (nSPS) is 17.5. The number of aryl methyl sites for hydroxylation is 2. The molecule has 1 amide bonds. The molecule has 0 bridgehead atoms. The van der Waals surface area contributed by atoms with Gasteiger partial charge in [-0.3, -0.25) is 9.36 Å². The standard InChI is InChI=1S/C16H24N4O2.C12H22N4/c1-16(2,3)22-15(21)19-7-4-13(5-8-19)6-9-20-12-14(10-17)11-18-20;1-15-5-2-11(3-6-15)4-7-16-10-12(8-13)9-14-16/h11-13H,4-9H2,1-3H3;9-11H,2-8,13H2,1H3. The van der Waals surface area contributed by atoms with Crippen LogP contribution in [0.5, 0.6) is 0 Å². The molecule has 0 unspecified atom stereocenters. The zero-order chi connectivity index (χ0) is 27.5. The van der Waals surface area contributed by atoms with E-state index >= 15 is 0 Å². The van der Waals surface area contributed by atoms with Crippen LogP contribution in [0.15, 0.2) is 24.8 Å². The summed E-state index contributed by atoms with van der Waals surface area (Å²) in [6.45, 7) is 12.1. The molecule has 0 aliphatic carbocycles. The highest BCUT2D eigenvalue weighted by Crippen LogP contribution is 2.23. The van der Waals surface area contributed by atoms with E-state index in [1.54, 1.807) is 17.3 Å². The predicted molar refractivity (Wildman–Crippen MR) is 147 cm³/mol. The Labute approximate surface area is 227 Å². The SMILES string of the molecule is CC(C)(C)OC(=O)N1CCC(CCn2cc(C#N)cn2)CC1.CN1CCC(CCn2cc(CN)cn2)CC1. The number of hydrogen-bond donors (Lipinski definition) is 1. The Hall–Kier alpha value is -2.90. The third-order valence-corrected chi connectivity index (χ3v) is 7.32. The van der Waals surface area contributed by atoms with Crippen LogP contribution in [-0.2, 0) is 24.4 Å². The number of piperidine rings is 2. The Kier molecular flexibility index (Phi) is 11.2. The minimum Gasteiger partial charge on any atom is -0.444 e. The van der Waals surface area contributed by atoms with Crippen molar-refractivity contribution in [2.45, 2.75) is 84.5 Å². The van der Waals surface area contributed by atoms with Gasteiger partial charge in [0.05, 0.1) is 18.0 Å². The summed E-state index contributed by atoms with van der Waals surface area (Å²) in [6.07, 6.45) is 14.0. The number of carbonyl (C=O) groups is 1. The topological polar surface area (TPSA) is 118 Å². The predicted octanol–water partition coefficient (Wildman–Crippen LogP) is 3.87. The molecule has 2 aliphatic rings. The summed E-state index contributed by atoms with van der Waals surface area (Å²) in [4.78, 5) is 16.2. The summed E-state index contributed by atoms with van der Waals surface area (Å²) >= 11 is 0. The van der Waals surface area contributed by atoms with E-state index in [9.17, 15) is 4.79 Å². The molecule has 0 saturated carbocycles. The van der Waals surface area contributed by atoms with Gasteiger partial charge in [0.15, 0.2) is 0 Å². The smallest absolute Gasteiger partial charge is 0.410 e. The van der Waals surface area contributed by atoms with Gasteiger partial charge in [-0.2, -0.15) is 15.5 Å². The average molecular weight is 527 g/mol. The number of aromatic nitrogens is 4. The first-order chi connectivity index (χ1) is 18.1. The maximum atomic E-state index is 12.0. The lowest BCUT2D eigenvalue weighted by atomic mass is 9.94. The lowest BCUT2D eigenvalue weighted by Gasteiger charge is -2.33. The molecule has 210 valence electrons. The van der Waals surface area contributed by atoms with Crippen molar-refractivity contribution < 1.29 is 9.53 Å². The Morgan fingerprint density at radius 2 is 1.55 bits per heavy atom. The van der Waals surface area contributed by atoms with Gasteiger partial charge in [-0.25, -0.2) is 4.79 Å². The average Bonchev–Trinajstić information content (AvgIpc) is 3.56. The molecule has 0 spiro atoms. The molecule has 4 rings (SSSR count). The second-order valence-electron chi connectivity index (χ2n) is 11.7. The maximum absolute atomic E-state index is 12.0. The molecule has 0 atom stereocenters. The maximum Gasteiger partial charge on any atom is 0.410 e. The highest BCUT2D eigenvalue weighted by Gasteiger charge is 2.26. The second-order valence-corrected chi connectivity index (χ2v) is 11.7. The fourth-order valence-corrected chi connectivity index (χ4v) is 4.89. The van der Waals surface area contributed by atoms with Crippen molar-refractivity contribution in [1.82, 2.24) is 29.4 Å². The second kappa shape index (κ2) is 14.3. The zero-order valence-electron chi connectivity index (χ0n) is 23.7. The van der Waals surface area contributed by atoms with Gasteiger partial charge in [0.1, 0.15) is 11.7 Å². The van der Waals surface area contributed by atoms with Crippen molar-refractivity contribution in [3.8, 4) is 6.07 Å². The summed E-state index contributed by atoms with van der Waals surface area (Å²) in [5.74, 6) is 1.47. The number of amides is 1. The Bertz CT molecular complexity index is 1020. The van der Waals surface area contributed by atoms with Gasteiger partial charge in [-0.1, -0.05) is 0 Å². The summed E-state index contributed by atoms with van der Waals surface area (Å²) in [6, 6.07) is 2.08. The summed E-state index contributed by atoms with van der Waals surface area (Å²) < 4.78 is 9.25. The lowest BCUT2D eigenvalue weighted by molar-refractivity contribution is 0.0179. The van der Waals surface area contributed by atoms with Gasteiger partial charge in [0.2, 0.25) is 0 Å². The third-order valence-electron chi connectivity index (χ3n) is 7.32. The number of likely N-dealkylation sites (tertiary alicyclic amines) is 2. The van der Waals surface area contributed by atoms with Crippen LogP contribution in [-0.4, -0.2) is 74.3 Å². The van der Waals surface area contributed by atoms with E-state index in [-0.39, 0.29) is 6.09 Å². The van der Waals surface area contributed by atoms with E-state index in [4.69, 9.17) is 15.7 Å². The molecule has 2 aliphatic heterocycles. The molecule has 4 heterocycles. The van der Waals surface area contributed by atoms with E-state index in [2.05, 4.69) is 34.4 Å². The van der Waals surface area contributed by atoms with E-state index < -0.39 is 5.60 Å². The molecule has 0 aromatic carbocycles. The van der Waals surface area contributed by atoms with Crippen LogP contribution in [0.25, 0.3) is 0 Å². The molecule has 2 saturated heterocycles. The Balaban J connectivity index is 0.000000221. The van der Waals surface area contributed by atoms with Crippen LogP contribution in [0.1, 0.15) is 70.4 Å². The first-order valence-electron chi connectivity index (χ1n) is 14.0. The number of rotatable bonds is 7. The summed E-state index contributed by atoms with van der Waals surface area (Å²) in [7, 11) is 2.21. The molecular weight excluding hydrogens is 480 g/mol. The third kappa shape index (κ3) is 10.1. The summed E-state index contributed by atoms with van der Waals surface area (Å²) in [5, 5.41) is 17.3. The van der Waals surface area contributed by atoms with Crippen LogP contribution < -0.4 is 5.73 Å². The Morgan fingerprint density at radius 1 is 1.00 bits per heavy atom. The largest absolute Gasteiger partial charge is 0.444 e. The molecular formula is C28H46N8O2. The minimum absolute atomic E-state index is 0.211. The molecule has 2 N–H and O–H groups in total. The molecule has 38 heavy (non-hydrogen) atoms. The van der Waals surface area contributed by atoms with Crippen molar-refractivity contribution >= 4 is 6.09 Å². The fourth-order valence-electron chi connectivity index (χ4n) is 4.89. The van der Waals surface area contributed by atoms with Crippen LogP contribution in [0.3, 0.4) is 0 Å². The number of carbonyl (C=O) groups excluding carboxylic acids is 1. The number of nitriles is 1. The van der Waals surface area contributed by atoms with E-state index in [1.165, 1.54) is 32.4 Å². The number of nitrogens with zero attached hydrogens (tertiary/aromatic N) is 7. The highest BCUT2D eigenvalue weighted by molar-refractivity contribution is 5.68. The van der Waals surface area contributed by atoms with Crippen molar-refractivity contribution in [3.63, 3.8) is 0 Å². The molecule has 10 nitrogen and oxygen atoms in total. The number of hydrogen-bond acceptors (Lipinski definition) is 7. The number of nitrogens with two attached hydrogens (primary N) is 1. The molecule has 2 aromatic heterocycles. The van der Waals surface area contributed by atoms with Crippen LogP contribution >= 0.6 is 0 Å². The van der Waals surface area contributed by atoms with Gasteiger partial charge >= 0.3 is 6.09 Å². The van der Waals surface area contributed by atoms with Gasteiger partial charge in [-0.15, -0.1) is 0 Å². The van der Waals surface area contributed by atoms with Gasteiger partial charge in [-0.05, 0) is 91.3 Å². The van der Waals surface area contributed by atoms with E-state index in [0.717, 1.165) is 56.9 Å². The quantitative estimate of drug-likeness (QED) is 0.582. The minimum atomic E-state index is -0.438. The monoisotopic (exact) mass is 526 g/mol. The van der Waals surface area contributed by atoms with Crippen molar-refractivity contribution in [2.75, 3.05) is 33.2 Å². The first-order valence-corrected chi connectivity index (χ1v) is 14.0. The van der Waals surface area contributed by atoms with Crippen molar-refractivity contribution in [3.05, 3.63) is 35.9 Å². The number of ether oxygens (including phenoxy) is 1. The van der Waals surface area contributed by atoms with Gasteiger partial charge < -0.3 is 20.3 Å². The Morgan fingerprint density at radius 3 is 2.05 bits per heavy atom. The zero-order valence-corrected chi connectivity index (χ0v) is 23.7. The van der Waals surface area contributed by atoms with E-state index in [1.807, 2.05) is 36.3 Å². The molecule has 10 heteroatoms. The highest BCUT2D eigenvalue weighted by atomic mass is 16.6. The fraction of sp³-hybridized carbons (Fsp3) is 0.714. The first kappa shape index (κ1) is 29.7. The molecule has 2 aromatic rings. The van der Waals surface area contributed by atoms with E-state index in [0.29, 0.717) is 18.0 Å². The molecule has 0 radical (unpaired) electrons. The van der Waals surface area contributed by atoms with Crippen LogP contribution in [0, 0.1) is 23.2 Å². The van der Waals surface area contributed by atoms with Crippen molar-refractivity contribution in [1.29, 1.82) is 5.26 Å². The lowest BCUT2D eigenvalue weighted by Crippen LogP contribution is -2.41. The van der Waals surface area contributed by atoms with Gasteiger partial charge in [0.25, 0.3) is 0 Å². The molecule has 2 fully saturated rings.